The Morgan fingerprint density at radius 3 is 3.00 bits per heavy atom. The average molecular weight is 310 g/mol. The van der Waals surface area contributed by atoms with Gasteiger partial charge in [-0.25, -0.2) is 0 Å². The minimum atomic E-state index is -0.322. The van der Waals surface area contributed by atoms with Crippen LogP contribution in [0.25, 0.3) is 0 Å². The molecule has 0 bridgehead atoms. The molecule has 0 atom stereocenters. The van der Waals surface area contributed by atoms with Crippen LogP contribution in [0.2, 0.25) is 0 Å². The van der Waals surface area contributed by atoms with Gasteiger partial charge in [0.15, 0.2) is 0 Å². The van der Waals surface area contributed by atoms with Crippen molar-refractivity contribution in [2.45, 2.75) is 6.54 Å². The highest BCUT2D eigenvalue weighted by Gasteiger charge is 2.11. The summed E-state index contributed by atoms with van der Waals surface area (Å²) >= 11 is 3.26. The Kier molecular flexibility index (Phi) is 3.66. The maximum atomic E-state index is 11.9. The molecule has 0 aliphatic carbocycles. The minimum absolute atomic E-state index is 0.0399. The van der Waals surface area contributed by atoms with Crippen LogP contribution in [0.3, 0.4) is 0 Å². The number of aromatic hydroxyl groups is 1. The average Bonchev–Trinajstić information content (AvgIpc) is 2.75. The Morgan fingerprint density at radius 2 is 2.33 bits per heavy atom. The van der Waals surface area contributed by atoms with Gasteiger partial charge in [0.2, 0.25) is 0 Å². The molecule has 0 saturated carbocycles. The van der Waals surface area contributed by atoms with E-state index in [0.29, 0.717) is 6.54 Å². The molecule has 0 aliphatic heterocycles. The van der Waals surface area contributed by atoms with Crippen molar-refractivity contribution in [3.63, 3.8) is 0 Å². The van der Waals surface area contributed by atoms with E-state index in [1.807, 2.05) is 13.2 Å². The lowest BCUT2D eigenvalue weighted by molar-refractivity contribution is 0.0948. The van der Waals surface area contributed by atoms with E-state index < -0.39 is 0 Å². The molecule has 1 aromatic carbocycles. The van der Waals surface area contributed by atoms with Crippen LogP contribution in [-0.4, -0.2) is 20.8 Å². The molecule has 0 unspecified atom stereocenters. The van der Waals surface area contributed by atoms with Gasteiger partial charge in [-0.05, 0) is 18.2 Å². The zero-order chi connectivity index (χ0) is 13.1. The van der Waals surface area contributed by atoms with Crippen LogP contribution in [0, 0.1) is 0 Å². The fraction of sp³-hybridized carbons (Fsp3) is 0.167. The van der Waals surface area contributed by atoms with E-state index in [-0.39, 0.29) is 17.2 Å². The molecule has 2 rings (SSSR count). The number of hydrogen-bond donors (Lipinski definition) is 2. The highest BCUT2D eigenvalue weighted by atomic mass is 79.9. The highest BCUT2D eigenvalue weighted by Crippen LogP contribution is 2.21. The second-order valence-electron chi connectivity index (χ2n) is 3.87. The van der Waals surface area contributed by atoms with Gasteiger partial charge in [-0.2, -0.15) is 5.10 Å². The first-order valence-electron chi connectivity index (χ1n) is 5.30. The molecule has 2 N–H and O–H groups in total. The van der Waals surface area contributed by atoms with Crippen molar-refractivity contribution < 1.29 is 9.90 Å². The number of benzene rings is 1. The number of nitrogens with zero attached hydrogens (tertiary/aromatic N) is 2. The van der Waals surface area contributed by atoms with Gasteiger partial charge in [-0.15, -0.1) is 0 Å². The predicted molar refractivity (Wildman–Crippen MR) is 70.2 cm³/mol. The molecular weight excluding hydrogens is 298 g/mol. The van der Waals surface area contributed by atoms with Crippen LogP contribution < -0.4 is 5.32 Å². The molecule has 0 saturated heterocycles. The van der Waals surface area contributed by atoms with Gasteiger partial charge >= 0.3 is 0 Å². The molecule has 1 aromatic heterocycles. The Bertz CT molecular complexity index is 580. The fourth-order valence-corrected chi connectivity index (χ4v) is 1.89. The third kappa shape index (κ3) is 2.89. The number of carbonyl (C=O) groups is 1. The Labute approximate surface area is 113 Å². The number of hydrogen-bond acceptors (Lipinski definition) is 3. The van der Waals surface area contributed by atoms with Crippen molar-refractivity contribution in [1.29, 1.82) is 0 Å². The van der Waals surface area contributed by atoms with Crippen molar-refractivity contribution in [3.8, 4) is 5.75 Å². The van der Waals surface area contributed by atoms with E-state index >= 15 is 0 Å². The van der Waals surface area contributed by atoms with E-state index in [9.17, 15) is 9.90 Å². The first-order valence-corrected chi connectivity index (χ1v) is 6.10. The molecule has 1 amide bonds. The summed E-state index contributed by atoms with van der Waals surface area (Å²) in [6, 6.07) is 4.73. The lowest BCUT2D eigenvalue weighted by atomic mass is 10.2. The molecule has 1 heterocycles. The maximum absolute atomic E-state index is 11.9. The zero-order valence-corrected chi connectivity index (χ0v) is 11.3. The standard InChI is InChI=1S/C12H12BrN3O2/c1-16-7-8(6-15-16)5-14-12(18)10-4-9(13)2-3-11(10)17/h2-4,6-7,17H,5H2,1H3,(H,14,18). The van der Waals surface area contributed by atoms with Gasteiger partial charge in [-0.3, -0.25) is 9.48 Å². The van der Waals surface area contributed by atoms with Gasteiger partial charge in [0, 0.05) is 29.8 Å². The summed E-state index contributed by atoms with van der Waals surface area (Å²) in [6.07, 6.45) is 3.50. The molecule has 0 aliphatic rings. The first-order chi connectivity index (χ1) is 8.56. The normalized spacial score (nSPS) is 10.3. The number of amides is 1. The number of carbonyl (C=O) groups excluding carboxylic acids is 1. The van der Waals surface area contributed by atoms with Crippen LogP contribution in [-0.2, 0) is 13.6 Å². The number of rotatable bonds is 3. The number of aromatic nitrogens is 2. The molecule has 0 radical (unpaired) electrons. The largest absolute Gasteiger partial charge is 0.507 e. The lowest BCUT2D eigenvalue weighted by Crippen LogP contribution is -2.22. The summed E-state index contributed by atoms with van der Waals surface area (Å²) in [5.74, 6) is -0.362. The van der Waals surface area contributed by atoms with E-state index in [1.165, 1.54) is 6.07 Å². The van der Waals surface area contributed by atoms with E-state index in [4.69, 9.17) is 0 Å². The molecule has 94 valence electrons. The Hall–Kier alpha value is -1.82. The van der Waals surface area contributed by atoms with Gasteiger partial charge < -0.3 is 10.4 Å². The van der Waals surface area contributed by atoms with Crippen LogP contribution in [0.15, 0.2) is 35.1 Å². The monoisotopic (exact) mass is 309 g/mol. The van der Waals surface area contributed by atoms with Crippen LogP contribution >= 0.6 is 15.9 Å². The van der Waals surface area contributed by atoms with Crippen LogP contribution in [0.1, 0.15) is 15.9 Å². The third-order valence-corrected chi connectivity index (χ3v) is 2.91. The quantitative estimate of drug-likeness (QED) is 0.909. The van der Waals surface area contributed by atoms with Gasteiger partial charge in [0.05, 0.1) is 11.8 Å². The van der Waals surface area contributed by atoms with Crippen molar-refractivity contribution >= 4 is 21.8 Å². The van der Waals surface area contributed by atoms with Crippen LogP contribution in [0.5, 0.6) is 5.75 Å². The second-order valence-corrected chi connectivity index (χ2v) is 4.78. The Balaban J connectivity index is 2.05. The van der Waals surface area contributed by atoms with Crippen molar-refractivity contribution in [2.24, 2.45) is 7.05 Å². The number of halogens is 1. The molecule has 2 aromatic rings. The van der Waals surface area contributed by atoms with Gasteiger partial charge in [0.25, 0.3) is 5.91 Å². The van der Waals surface area contributed by atoms with Crippen molar-refractivity contribution in [2.75, 3.05) is 0 Å². The third-order valence-electron chi connectivity index (χ3n) is 2.41. The predicted octanol–water partition coefficient (Wildman–Crippen LogP) is 1.82. The SMILES string of the molecule is Cn1cc(CNC(=O)c2cc(Br)ccc2O)cn1. The summed E-state index contributed by atoms with van der Waals surface area (Å²) in [5.41, 5.74) is 1.15. The summed E-state index contributed by atoms with van der Waals surface area (Å²) < 4.78 is 2.41. The molecule has 5 nitrogen and oxygen atoms in total. The van der Waals surface area contributed by atoms with Crippen molar-refractivity contribution in [1.82, 2.24) is 15.1 Å². The molecular formula is C12H12BrN3O2. The number of phenolic OH excluding ortho intramolecular Hbond substituents is 1. The highest BCUT2D eigenvalue weighted by molar-refractivity contribution is 9.10. The number of aryl methyl sites for hydroxylation is 1. The molecule has 0 fully saturated rings. The first kappa shape index (κ1) is 12.6. The maximum Gasteiger partial charge on any atom is 0.255 e. The fourth-order valence-electron chi connectivity index (χ4n) is 1.53. The molecule has 18 heavy (non-hydrogen) atoms. The number of nitrogens with one attached hydrogen (secondary N) is 1. The smallest absolute Gasteiger partial charge is 0.255 e. The van der Waals surface area contributed by atoms with Crippen molar-refractivity contribution in [3.05, 3.63) is 46.2 Å². The number of phenols is 1. The molecule has 0 spiro atoms. The lowest BCUT2D eigenvalue weighted by Gasteiger charge is -2.06. The Morgan fingerprint density at radius 1 is 1.56 bits per heavy atom. The van der Waals surface area contributed by atoms with Gasteiger partial charge in [-0.1, -0.05) is 15.9 Å². The van der Waals surface area contributed by atoms with E-state index in [0.717, 1.165) is 10.0 Å². The zero-order valence-electron chi connectivity index (χ0n) is 9.72. The summed E-state index contributed by atoms with van der Waals surface area (Å²) in [5, 5.41) is 16.3. The molecule has 6 heteroatoms. The summed E-state index contributed by atoms with van der Waals surface area (Å²) in [4.78, 5) is 11.9. The minimum Gasteiger partial charge on any atom is -0.507 e. The topological polar surface area (TPSA) is 67.2 Å². The summed E-state index contributed by atoms with van der Waals surface area (Å²) in [7, 11) is 1.81. The van der Waals surface area contributed by atoms with E-state index in [2.05, 4.69) is 26.3 Å². The van der Waals surface area contributed by atoms with Gasteiger partial charge in [0.1, 0.15) is 5.75 Å². The second kappa shape index (κ2) is 5.22. The van der Waals surface area contributed by atoms with E-state index in [1.54, 1.807) is 23.0 Å². The van der Waals surface area contributed by atoms with Crippen LogP contribution in [0.4, 0.5) is 0 Å². The summed E-state index contributed by atoms with van der Waals surface area (Å²) in [6.45, 7) is 0.374.